The fourth-order valence-corrected chi connectivity index (χ4v) is 1.75. The van der Waals surface area contributed by atoms with Crippen molar-refractivity contribution < 1.29 is 23.5 Å². The van der Waals surface area contributed by atoms with E-state index < -0.39 is 18.0 Å². The van der Waals surface area contributed by atoms with E-state index in [-0.39, 0.29) is 30.7 Å². The van der Waals surface area contributed by atoms with Crippen LogP contribution in [0.2, 0.25) is 0 Å². The van der Waals surface area contributed by atoms with Crippen molar-refractivity contribution in [2.45, 2.75) is 38.6 Å². The Balaban J connectivity index is 2.56. The molecule has 10 nitrogen and oxygen atoms in total. The van der Waals surface area contributed by atoms with Crippen LogP contribution in [0.5, 0.6) is 0 Å². The van der Waals surface area contributed by atoms with Crippen LogP contribution >= 0.6 is 0 Å². The van der Waals surface area contributed by atoms with Crippen LogP contribution in [0.1, 0.15) is 44.0 Å². The Bertz CT molecular complexity index is 530. The molecule has 3 amide bonds. The van der Waals surface area contributed by atoms with Crippen LogP contribution in [0, 0.1) is 0 Å². The molecule has 0 aliphatic carbocycles. The summed E-state index contributed by atoms with van der Waals surface area (Å²) >= 11 is 0. The van der Waals surface area contributed by atoms with Gasteiger partial charge in [0, 0.05) is 6.92 Å². The second-order valence-corrected chi connectivity index (χ2v) is 4.59. The number of carbonyl (C=O) groups excluding carboxylic acids is 3. The van der Waals surface area contributed by atoms with Crippen LogP contribution in [0.25, 0.3) is 0 Å². The maximum absolute atomic E-state index is 11.2. The van der Waals surface area contributed by atoms with Gasteiger partial charge in [-0.1, -0.05) is 0 Å². The van der Waals surface area contributed by atoms with Gasteiger partial charge in [-0.05, 0) is 19.3 Å². The zero-order valence-corrected chi connectivity index (χ0v) is 12.2. The maximum Gasteiger partial charge on any atom is 0.404 e. The molecule has 0 aliphatic rings. The Hall–Kier alpha value is -2.65. The number of hydrogen-bond donors (Lipinski definition) is 3. The van der Waals surface area contributed by atoms with E-state index in [0.717, 1.165) is 0 Å². The minimum Gasteiger partial charge on any atom is -0.450 e. The first kappa shape index (κ1) is 17.4. The van der Waals surface area contributed by atoms with E-state index in [1.165, 1.54) is 6.92 Å². The van der Waals surface area contributed by atoms with E-state index in [2.05, 4.69) is 20.3 Å². The molecule has 0 saturated carbocycles. The van der Waals surface area contributed by atoms with E-state index in [1.54, 1.807) is 0 Å². The normalized spacial score (nSPS) is 11.7. The van der Waals surface area contributed by atoms with E-state index in [1.807, 2.05) is 0 Å². The highest BCUT2D eigenvalue weighted by atomic mass is 16.5. The molecule has 1 atom stereocenters. The minimum atomic E-state index is -0.827. The van der Waals surface area contributed by atoms with Gasteiger partial charge < -0.3 is 25.9 Å². The van der Waals surface area contributed by atoms with Gasteiger partial charge in [0.05, 0.1) is 6.61 Å². The number of nitrogens with zero attached hydrogens (tertiary/aromatic N) is 2. The Labute approximate surface area is 126 Å². The topological polar surface area (TPSA) is 163 Å². The molecule has 1 aromatic heterocycles. The van der Waals surface area contributed by atoms with Gasteiger partial charge in [-0.25, -0.2) is 4.79 Å². The highest BCUT2D eigenvalue weighted by molar-refractivity contribution is 5.75. The van der Waals surface area contributed by atoms with Crippen LogP contribution in [0.4, 0.5) is 4.79 Å². The molecule has 1 rings (SSSR count). The number of carbonyl (C=O) groups is 3. The fourth-order valence-electron chi connectivity index (χ4n) is 1.75. The molecule has 10 heteroatoms. The number of unbranched alkanes of at least 4 members (excludes halogenated alkanes) is 1. The molecule has 0 bridgehead atoms. The van der Waals surface area contributed by atoms with Gasteiger partial charge in [-0.15, -0.1) is 10.2 Å². The zero-order chi connectivity index (χ0) is 16.5. The number of rotatable bonds is 9. The Morgan fingerprint density at radius 3 is 2.59 bits per heavy atom. The molecule has 1 aromatic rings. The third-order valence-electron chi connectivity index (χ3n) is 2.61. The minimum absolute atomic E-state index is 0.0925. The highest BCUT2D eigenvalue weighted by Crippen LogP contribution is 2.18. The third kappa shape index (κ3) is 6.68. The predicted octanol–water partition coefficient (Wildman–Crippen LogP) is -0.460. The molecule has 0 spiro atoms. The Kier molecular flexibility index (Phi) is 6.80. The molecule has 0 saturated heterocycles. The second kappa shape index (κ2) is 8.60. The van der Waals surface area contributed by atoms with Gasteiger partial charge in [0.2, 0.25) is 23.6 Å². The molecule has 22 heavy (non-hydrogen) atoms. The summed E-state index contributed by atoms with van der Waals surface area (Å²) in [5.74, 6) is -0.555. The van der Waals surface area contributed by atoms with Gasteiger partial charge in [0.15, 0.2) is 0 Å². The lowest BCUT2D eigenvalue weighted by atomic mass is 10.1. The number of aromatic nitrogens is 2. The van der Waals surface area contributed by atoms with Gasteiger partial charge in [-0.3, -0.25) is 9.59 Å². The zero-order valence-electron chi connectivity index (χ0n) is 12.2. The Morgan fingerprint density at radius 2 is 2.00 bits per heavy atom. The molecule has 122 valence electrons. The van der Waals surface area contributed by atoms with Crippen LogP contribution in [0.15, 0.2) is 4.42 Å². The van der Waals surface area contributed by atoms with Crippen molar-refractivity contribution in [2.75, 3.05) is 6.61 Å². The van der Waals surface area contributed by atoms with Crippen LogP contribution < -0.4 is 16.8 Å². The summed E-state index contributed by atoms with van der Waals surface area (Å²) in [7, 11) is 0. The standard InChI is InChI=1S/C12H19N5O5/c1-7(18)15-8(4-2-3-5-21-12(14)20)11-17-16-10(22-11)6-9(13)19/h8H,2-6H2,1H3,(H2,13,19)(H2,14,20)(H,15,18)/t8-/m0/s1. The molecular formula is C12H19N5O5. The quantitative estimate of drug-likeness (QED) is 0.519. The van der Waals surface area contributed by atoms with Crippen molar-refractivity contribution >= 4 is 17.9 Å². The SMILES string of the molecule is CC(=O)N[C@@H](CCCCOC(N)=O)c1nnc(CC(N)=O)o1. The number of amides is 3. The summed E-state index contributed by atoms with van der Waals surface area (Å²) in [5, 5.41) is 10.2. The van der Waals surface area contributed by atoms with Gasteiger partial charge in [-0.2, -0.15) is 0 Å². The first-order valence-electron chi connectivity index (χ1n) is 6.68. The summed E-state index contributed by atoms with van der Waals surface area (Å²) in [6.45, 7) is 1.56. The summed E-state index contributed by atoms with van der Waals surface area (Å²) < 4.78 is 9.92. The van der Waals surface area contributed by atoms with Crippen molar-refractivity contribution in [1.82, 2.24) is 15.5 Å². The van der Waals surface area contributed by atoms with Crippen LogP contribution in [-0.4, -0.2) is 34.7 Å². The summed E-state index contributed by atoms with van der Waals surface area (Å²) in [5.41, 5.74) is 9.89. The van der Waals surface area contributed by atoms with Gasteiger partial charge in [0.25, 0.3) is 0 Å². The number of nitrogens with two attached hydrogens (primary N) is 2. The molecular weight excluding hydrogens is 294 g/mol. The monoisotopic (exact) mass is 313 g/mol. The molecule has 0 radical (unpaired) electrons. The number of nitrogens with one attached hydrogen (secondary N) is 1. The lowest BCUT2D eigenvalue weighted by molar-refractivity contribution is -0.120. The van der Waals surface area contributed by atoms with Crippen LogP contribution in [-0.2, 0) is 20.7 Å². The molecule has 0 unspecified atom stereocenters. The Morgan fingerprint density at radius 1 is 1.27 bits per heavy atom. The molecule has 0 aliphatic heterocycles. The predicted molar refractivity (Wildman–Crippen MR) is 73.1 cm³/mol. The first-order chi connectivity index (χ1) is 10.4. The van der Waals surface area contributed by atoms with Crippen molar-refractivity contribution in [3.05, 3.63) is 11.8 Å². The first-order valence-corrected chi connectivity index (χ1v) is 6.68. The average Bonchev–Trinajstić information content (AvgIpc) is 2.83. The van der Waals surface area contributed by atoms with E-state index in [0.29, 0.717) is 19.3 Å². The smallest absolute Gasteiger partial charge is 0.404 e. The van der Waals surface area contributed by atoms with Crippen LogP contribution in [0.3, 0.4) is 0 Å². The van der Waals surface area contributed by atoms with E-state index in [9.17, 15) is 14.4 Å². The summed E-state index contributed by atoms with van der Waals surface area (Å²) in [6.07, 6.45) is 0.713. The largest absolute Gasteiger partial charge is 0.450 e. The molecule has 0 aromatic carbocycles. The lowest BCUT2D eigenvalue weighted by Gasteiger charge is -2.13. The molecule has 0 fully saturated rings. The average molecular weight is 313 g/mol. The second-order valence-electron chi connectivity index (χ2n) is 4.59. The van der Waals surface area contributed by atoms with E-state index in [4.69, 9.17) is 15.9 Å². The summed E-state index contributed by atoms with van der Waals surface area (Å²) in [6, 6.07) is -0.486. The van der Waals surface area contributed by atoms with Gasteiger partial charge >= 0.3 is 6.09 Å². The third-order valence-corrected chi connectivity index (χ3v) is 2.61. The number of ether oxygens (including phenoxy) is 1. The maximum atomic E-state index is 11.2. The number of primary amides is 2. The molecule has 5 N–H and O–H groups in total. The van der Waals surface area contributed by atoms with Gasteiger partial charge in [0.1, 0.15) is 12.5 Å². The van der Waals surface area contributed by atoms with Crippen molar-refractivity contribution in [1.29, 1.82) is 0 Å². The number of hydrogen-bond acceptors (Lipinski definition) is 7. The highest BCUT2D eigenvalue weighted by Gasteiger charge is 2.20. The van der Waals surface area contributed by atoms with Crippen molar-refractivity contribution in [2.24, 2.45) is 11.5 Å². The lowest BCUT2D eigenvalue weighted by Crippen LogP contribution is -2.26. The summed E-state index contributed by atoms with van der Waals surface area (Å²) in [4.78, 5) is 32.5. The molecule has 1 heterocycles. The van der Waals surface area contributed by atoms with E-state index >= 15 is 0 Å². The van der Waals surface area contributed by atoms with Crippen molar-refractivity contribution in [3.63, 3.8) is 0 Å². The van der Waals surface area contributed by atoms with Crippen molar-refractivity contribution in [3.8, 4) is 0 Å². The fraction of sp³-hybridized carbons (Fsp3) is 0.583.